The van der Waals surface area contributed by atoms with Crippen molar-refractivity contribution in [1.29, 1.82) is 0 Å². The topological polar surface area (TPSA) is 130 Å². The van der Waals surface area contributed by atoms with Crippen LogP contribution < -0.4 is 10.2 Å². The molecule has 1 saturated heterocycles. The molecule has 10 nitrogen and oxygen atoms in total. The van der Waals surface area contributed by atoms with Gasteiger partial charge in [-0.25, -0.2) is 26.8 Å². The van der Waals surface area contributed by atoms with Crippen LogP contribution in [0.1, 0.15) is 16.8 Å². The first kappa shape index (κ1) is 24.9. The smallest absolute Gasteiger partial charge is 0.341 e. The average molecular weight is 504 g/mol. The van der Waals surface area contributed by atoms with Crippen LogP contribution in [0.15, 0.2) is 47.6 Å². The molecule has 33 heavy (non-hydrogen) atoms. The van der Waals surface area contributed by atoms with Crippen LogP contribution in [-0.2, 0) is 19.9 Å². The average Bonchev–Trinajstić information content (AvgIpc) is 2.82. The lowest BCUT2D eigenvalue weighted by molar-refractivity contribution is 0.0950. The van der Waals surface area contributed by atoms with Crippen molar-refractivity contribution in [2.75, 3.05) is 43.4 Å². The molecule has 180 valence electrons. The van der Waals surface area contributed by atoms with Crippen molar-refractivity contribution in [2.45, 2.75) is 17.1 Å². The second-order valence-corrected chi connectivity index (χ2v) is 11.1. The van der Waals surface area contributed by atoms with Gasteiger partial charge in [0, 0.05) is 45.1 Å². The zero-order chi connectivity index (χ0) is 24.1. The van der Waals surface area contributed by atoms with Crippen molar-refractivity contribution in [3.63, 3.8) is 0 Å². The molecule has 1 aromatic heterocycles. The molecule has 1 aromatic carbocycles. The number of rotatable bonds is 9. The van der Waals surface area contributed by atoms with Gasteiger partial charge in [-0.1, -0.05) is 12.1 Å². The first-order valence-corrected chi connectivity index (χ1v) is 13.2. The van der Waals surface area contributed by atoms with E-state index in [1.54, 1.807) is 18.5 Å². The van der Waals surface area contributed by atoms with E-state index in [-0.39, 0.29) is 31.8 Å². The Labute approximate surface area is 190 Å². The van der Waals surface area contributed by atoms with E-state index in [0.29, 0.717) is 19.0 Å². The Kier molecular flexibility index (Phi) is 7.92. The number of carbonyl (C=O) groups is 1. The number of nitrogens with one attached hydrogen (secondary N) is 1. The summed E-state index contributed by atoms with van der Waals surface area (Å²) in [7, 11) is -8.53. The molecule has 1 N–H and O–H groups in total. The van der Waals surface area contributed by atoms with E-state index < -0.39 is 42.0 Å². The number of sulfone groups is 1. The lowest BCUT2D eigenvalue weighted by Gasteiger charge is -2.33. The van der Waals surface area contributed by atoms with E-state index in [1.165, 1.54) is 16.4 Å². The second-order valence-electron chi connectivity index (χ2n) is 7.16. The fourth-order valence-corrected chi connectivity index (χ4v) is 5.71. The van der Waals surface area contributed by atoms with Gasteiger partial charge < -0.3 is 10.2 Å². The molecule has 1 amide bonds. The lowest BCUT2D eigenvalue weighted by atomic mass is 10.2. The first-order chi connectivity index (χ1) is 15.6. The molecule has 0 radical (unpaired) electrons. The Morgan fingerprint density at radius 3 is 2.27 bits per heavy atom. The van der Waals surface area contributed by atoms with Crippen molar-refractivity contribution < 1.29 is 30.4 Å². The number of alkyl halides is 2. The molecule has 0 saturated carbocycles. The molecule has 0 aliphatic carbocycles. The predicted octanol–water partition coefficient (Wildman–Crippen LogP) is 0.745. The van der Waals surface area contributed by atoms with Gasteiger partial charge in [0.05, 0.1) is 16.2 Å². The highest BCUT2D eigenvalue weighted by atomic mass is 32.2. The maximum atomic E-state index is 12.9. The minimum absolute atomic E-state index is 0.0693. The van der Waals surface area contributed by atoms with Gasteiger partial charge in [-0.05, 0) is 24.6 Å². The van der Waals surface area contributed by atoms with Crippen LogP contribution in [0.2, 0.25) is 0 Å². The molecular weight excluding hydrogens is 480 g/mol. The number of hydrogen-bond donors (Lipinski definition) is 1. The monoisotopic (exact) mass is 503 g/mol. The number of anilines is 1. The lowest BCUT2D eigenvalue weighted by Crippen LogP contribution is -2.49. The van der Waals surface area contributed by atoms with Gasteiger partial charge in [0.15, 0.2) is 0 Å². The molecule has 1 aliphatic rings. The summed E-state index contributed by atoms with van der Waals surface area (Å²) >= 11 is 0. The predicted molar refractivity (Wildman–Crippen MR) is 116 cm³/mol. The van der Waals surface area contributed by atoms with Crippen LogP contribution in [0.4, 0.5) is 14.7 Å². The van der Waals surface area contributed by atoms with Crippen LogP contribution in [0, 0.1) is 0 Å². The van der Waals surface area contributed by atoms with Crippen LogP contribution in [-0.4, -0.2) is 81.3 Å². The van der Waals surface area contributed by atoms with Crippen LogP contribution in [0.25, 0.3) is 0 Å². The van der Waals surface area contributed by atoms with Gasteiger partial charge >= 0.3 is 5.76 Å². The van der Waals surface area contributed by atoms with E-state index in [1.807, 2.05) is 4.90 Å². The SMILES string of the molecule is O=C(NCCCS(=O)(=O)N1CCN(c2ncccn2)CC1)c1ccccc1S(=O)(=O)C(F)F. The maximum absolute atomic E-state index is 12.9. The van der Waals surface area contributed by atoms with Crippen LogP contribution >= 0.6 is 0 Å². The maximum Gasteiger partial charge on any atom is 0.341 e. The largest absolute Gasteiger partial charge is 0.352 e. The quantitative estimate of drug-likeness (QED) is 0.496. The van der Waals surface area contributed by atoms with E-state index >= 15 is 0 Å². The van der Waals surface area contributed by atoms with Crippen molar-refractivity contribution in [3.8, 4) is 0 Å². The van der Waals surface area contributed by atoms with Gasteiger partial charge in [-0.3, -0.25) is 4.79 Å². The minimum atomic E-state index is -4.96. The van der Waals surface area contributed by atoms with E-state index in [2.05, 4.69) is 15.3 Å². The number of hydrogen-bond acceptors (Lipinski definition) is 8. The summed E-state index contributed by atoms with van der Waals surface area (Å²) < 4.78 is 75.9. The first-order valence-electron chi connectivity index (χ1n) is 10.0. The summed E-state index contributed by atoms with van der Waals surface area (Å²) in [6.45, 7) is 1.35. The van der Waals surface area contributed by atoms with Crippen molar-refractivity contribution in [2.24, 2.45) is 0 Å². The Balaban J connectivity index is 1.51. The summed E-state index contributed by atoms with van der Waals surface area (Å²) in [6.07, 6.45) is 3.29. The molecule has 0 atom stereocenters. The number of aromatic nitrogens is 2. The molecule has 0 bridgehead atoms. The normalized spacial score (nSPS) is 15.5. The Bertz CT molecular complexity index is 1170. The fraction of sp³-hybridized carbons (Fsp3) is 0.421. The summed E-state index contributed by atoms with van der Waals surface area (Å²) in [5.74, 6) is -4.23. The molecule has 0 spiro atoms. The second kappa shape index (κ2) is 10.5. The summed E-state index contributed by atoms with van der Waals surface area (Å²) in [4.78, 5) is 21.7. The third-order valence-electron chi connectivity index (χ3n) is 5.00. The molecular formula is C19H23F2N5O5S2. The number of amides is 1. The van der Waals surface area contributed by atoms with Gasteiger partial charge in [-0.15, -0.1) is 0 Å². The number of nitrogens with zero attached hydrogens (tertiary/aromatic N) is 4. The number of carbonyl (C=O) groups excluding carboxylic acids is 1. The number of piperazine rings is 1. The molecule has 1 fully saturated rings. The third kappa shape index (κ3) is 6.00. The van der Waals surface area contributed by atoms with Gasteiger partial charge in [0.2, 0.25) is 25.8 Å². The summed E-state index contributed by atoms with van der Waals surface area (Å²) in [5, 5.41) is 2.40. The standard InChI is InChI=1S/C19H23F2N5O5S2/c20-18(21)33(30,31)16-6-2-1-5-15(16)17(27)22-9-4-14-32(28,29)26-12-10-25(11-13-26)19-23-7-3-8-24-19/h1-3,5-8,18H,4,9-14H2,(H,22,27). The minimum Gasteiger partial charge on any atom is -0.352 e. The third-order valence-corrected chi connectivity index (χ3v) is 8.40. The van der Waals surface area contributed by atoms with E-state index in [9.17, 15) is 30.4 Å². The molecule has 1 aliphatic heterocycles. The highest BCUT2D eigenvalue weighted by molar-refractivity contribution is 7.91. The molecule has 2 aromatic rings. The molecule has 14 heteroatoms. The van der Waals surface area contributed by atoms with Crippen molar-refractivity contribution in [3.05, 3.63) is 48.3 Å². The zero-order valence-electron chi connectivity index (χ0n) is 17.5. The summed E-state index contributed by atoms with van der Waals surface area (Å²) in [6, 6.07) is 6.34. The molecule has 0 unspecified atom stereocenters. The van der Waals surface area contributed by atoms with E-state index in [0.717, 1.165) is 12.1 Å². The van der Waals surface area contributed by atoms with Crippen molar-refractivity contribution >= 4 is 31.7 Å². The zero-order valence-corrected chi connectivity index (χ0v) is 19.1. The Morgan fingerprint density at radius 1 is 1.00 bits per heavy atom. The number of sulfonamides is 1. The highest BCUT2D eigenvalue weighted by Crippen LogP contribution is 2.22. The molecule has 3 rings (SSSR count). The number of halogens is 2. The number of benzene rings is 1. The van der Waals surface area contributed by atoms with Crippen molar-refractivity contribution in [1.82, 2.24) is 19.6 Å². The van der Waals surface area contributed by atoms with Crippen LogP contribution in [0.5, 0.6) is 0 Å². The Hall–Kier alpha value is -2.71. The highest BCUT2D eigenvalue weighted by Gasteiger charge is 2.31. The van der Waals surface area contributed by atoms with Gasteiger partial charge in [0.25, 0.3) is 5.91 Å². The Morgan fingerprint density at radius 2 is 1.64 bits per heavy atom. The fourth-order valence-electron chi connectivity index (χ4n) is 3.30. The van der Waals surface area contributed by atoms with Crippen LogP contribution in [0.3, 0.4) is 0 Å². The van der Waals surface area contributed by atoms with Gasteiger partial charge in [-0.2, -0.15) is 13.1 Å². The molecule has 2 heterocycles. The van der Waals surface area contributed by atoms with Gasteiger partial charge in [0.1, 0.15) is 0 Å². The van der Waals surface area contributed by atoms with E-state index in [4.69, 9.17) is 0 Å². The summed E-state index contributed by atoms with van der Waals surface area (Å²) in [5.41, 5.74) is -0.417.